The number of benzene rings is 4. The number of sulfonamides is 1. The summed E-state index contributed by atoms with van der Waals surface area (Å²) in [6.07, 6.45) is 0.927. The minimum atomic E-state index is -4.22. The quantitative estimate of drug-likeness (QED) is 0.166. The van der Waals surface area contributed by atoms with Gasteiger partial charge in [-0.3, -0.25) is 13.9 Å². The van der Waals surface area contributed by atoms with E-state index in [4.69, 9.17) is 23.2 Å². The third kappa shape index (κ3) is 8.87. The fraction of sp³-hybridized carbons (Fsp3) is 0.257. The molecule has 0 aliphatic carbocycles. The van der Waals surface area contributed by atoms with E-state index < -0.39 is 28.5 Å². The van der Waals surface area contributed by atoms with E-state index in [0.29, 0.717) is 22.0 Å². The predicted molar refractivity (Wildman–Crippen MR) is 181 cm³/mol. The monoisotopic (exact) mass is 665 g/mol. The molecule has 0 fully saturated rings. The number of hydrogen-bond acceptors (Lipinski definition) is 4. The van der Waals surface area contributed by atoms with Crippen molar-refractivity contribution in [3.8, 4) is 0 Å². The smallest absolute Gasteiger partial charge is 0.264 e. The van der Waals surface area contributed by atoms with Crippen molar-refractivity contribution in [2.75, 3.05) is 10.8 Å². The first-order valence-corrected chi connectivity index (χ1v) is 16.9. The number of aryl methyl sites for hydroxylation is 1. The van der Waals surface area contributed by atoms with Crippen LogP contribution in [0.1, 0.15) is 37.0 Å². The Bertz CT molecular complexity index is 1700. The normalized spacial score (nSPS) is 12.6. The van der Waals surface area contributed by atoms with Gasteiger partial charge in [-0.25, -0.2) is 8.42 Å². The first-order chi connectivity index (χ1) is 21.5. The van der Waals surface area contributed by atoms with Crippen molar-refractivity contribution < 1.29 is 18.0 Å². The molecule has 0 radical (unpaired) electrons. The van der Waals surface area contributed by atoms with E-state index in [9.17, 15) is 18.0 Å². The second-order valence-corrected chi connectivity index (χ2v) is 13.7. The molecular formula is C35H37Cl2N3O4S. The van der Waals surface area contributed by atoms with E-state index in [2.05, 4.69) is 5.32 Å². The predicted octanol–water partition coefficient (Wildman–Crippen LogP) is 7.05. The molecule has 1 N–H and O–H groups in total. The van der Waals surface area contributed by atoms with Gasteiger partial charge < -0.3 is 10.2 Å². The van der Waals surface area contributed by atoms with Crippen LogP contribution in [0, 0.1) is 6.92 Å². The Balaban J connectivity index is 1.83. The number of anilines is 1. The van der Waals surface area contributed by atoms with E-state index in [-0.39, 0.29) is 35.5 Å². The molecule has 2 atom stereocenters. The lowest BCUT2D eigenvalue weighted by atomic mass is 10.0. The molecule has 236 valence electrons. The van der Waals surface area contributed by atoms with Crippen molar-refractivity contribution in [1.82, 2.24) is 10.2 Å². The second kappa shape index (κ2) is 15.4. The van der Waals surface area contributed by atoms with Crippen molar-refractivity contribution in [2.24, 2.45) is 0 Å². The summed E-state index contributed by atoms with van der Waals surface area (Å²) >= 11 is 12.5. The number of nitrogens with zero attached hydrogens (tertiary/aromatic N) is 2. The maximum absolute atomic E-state index is 14.5. The topological polar surface area (TPSA) is 86.8 Å². The van der Waals surface area contributed by atoms with E-state index >= 15 is 0 Å². The molecule has 0 heterocycles. The van der Waals surface area contributed by atoms with Gasteiger partial charge in [-0.1, -0.05) is 96.9 Å². The Kier molecular flexibility index (Phi) is 11.7. The van der Waals surface area contributed by atoms with Crippen molar-refractivity contribution >= 4 is 50.7 Å². The van der Waals surface area contributed by atoms with Gasteiger partial charge in [0.1, 0.15) is 12.6 Å². The number of halogens is 2. The molecule has 0 bridgehead atoms. The highest BCUT2D eigenvalue weighted by atomic mass is 35.5. The van der Waals surface area contributed by atoms with Crippen molar-refractivity contribution in [3.63, 3.8) is 0 Å². The molecule has 0 unspecified atom stereocenters. The van der Waals surface area contributed by atoms with E-state index in [1.165, 1.54) is 23.1 Å². The Morgan fingerprint density at radius 3 is 2.04 bits per heavy atom. The number of rotatable bonds is 13. The summed E-state index contributed by atoms with van der Waals surface area (Å²) in [6.45, 7) is 5.11. The van der Waals surface area contributed by atoms with Crippen LogP contribution in [0.4, 0.5) is 5.69 Å². The summed E-state index contributed by atoms with van der Waals surface area (Å²) in [5.74, 6) is -0.879. The molecule has 0 spiro atoms. The summed E-state index contributed by atoms with van der Waals surface area (Å²) < 4.78 is 29.4. The fourth-order valence-corrected chi connectivity index (χ4v) is 6.65. The van der Waals surface area contributed by atoms with Crippen molar-refractivity contribution in [3.05, 3.63) is 130 Å². The average Bonchev–Trinajstić information content (AvgIpc) is 3.04. The van der Waals surface area contributed by atoms with Crippen LogP contribution in [0.3, 0.4) is 0 Å². The molecule has 10 heteroatoms. The minimum absolute atomic E-state index is 0.0248. The Hall–Kier alpha value is -3.85. The minimum Gasteiger partial charge on any atom is -0.352 e. The zero-order chi connectivity index (χ0) is 32.6. The first kappa shape index (κ1) is 34.0. The van der Waals surface area contributed by atoms with Crippen LogP contribution in [0.15, 0.2) is 108 Å². The lowest BCUT2D eigenvalue weighted by Crippen LogP contribution is -2.54. The van der Waals surface area contributed by atoms with Crippen LogP contribution < -0.4 is 9.62 Å². The van der Waals surface area contributed by atoms with Crippen LogP contribution in [0.25, 0.3) is 0 Å². The van der Waals surface area contributed by atoms with Crippen molar-refractivity contribution in [1.29, 1.82) is 0 Å². The van der Waals surface area contributed by atoms with E-state index in [0.717, 1.165) is 15.4 Å². The number of carbonyl (C=O) groups excluding carboxylic acids is 2. The molecule has 0 aliphatic heterocycles. The number of carbonyl (C=O) groups is 2. The Morgan fingerprint density at radius 1 is 0.822 bits per heavy atom. The van der Waals surface area contributed by atoms with Gasteiger partial charge in [-0.15, -0.1) is 0 Å². The maximum Gasteiger partial charge on any atom is 0.264 e. The third-order valence-corrected chi connectivity index (χ3v) is 9.85. The maximum atomic E-state index is 14.5. The summed E-state index contributed by atoms with van der Waals surface area (Å²) in [5.41, 5.74) is 2.48. The summed E-state index contributed by atoms with van der Waals surface area (Å²) in [5, 5.41) is 3.89. The first-order valence-electron chi connectivity index (χ1n) is 14.7. The molecule has 0 saturated heterocycles. The zero-order valence-electron chi connectivity index (χ0n) is 25.5. The SMILES string of the molecule is CC[C@H](C)NC(=O)[C@@H](Cc1ccccc1)N(Cc1ccc(Cl)cc1)C(=O)CN(c1cc(Cl)ccc1C)S(=O)(=O)c1ccccc1. The van der Waals surface area contributed by atoms with Crippen LogP contribution in [-0.4, -0.2) is 43.8 Å². The highest BCUT2D eigenvalue weighted by molar-refractivity contribution is 7.92. The summed E-state index contributed by atoms with van der Waals surface area (Å²) in [4.78, 5) is 29.9. The lowest BCUT2D eigenvalue weighted by molar-refractivity contribution is -0.140. The van der Waals surface area contributed by atoms with Crippen LogP contribution in [0.5, 0.6) is 0 Å². The molecule has 4 aromatic rings. The van der Waals surface area contributed by atoms with Crippen LogP contribution >= 0.6 is 23.2 Å². The van der Waals surface area contributed by atoms with Gasteiger partial charge in [0.05, 0.1) is 10.6 Å². The Morgan fingerprint density at radius 2 is 1.42 bits per heavy atom. The van der Waals surface area contributed by atoms with E-state index in [1.807, 2.05) is 44.2 Å². The second-order valence-electron chi connectivity index (χ2n) is 10.9. The number of nitrogens with one attached hydrogen (secondary N) is 1. The molecule has 2 amide bonds. The molecule has 4 aromatic carbocycles. The highest BCUT2D eigenvalue weighted by Gasteiger charge is 2.35. The molecule has 7 nitrogen and oxygen atoms in total. The van der Waals surface area contributed by atoms with Gasteiger partial charge in [0, 0.05) is 29.1 Å². The fourth-order valence-electron chi connectivity index (χ4n) is 4.87. The molecule has 0 saturated carbocycles. The molecule has 4 rings (SSSR count). The molecular weight excluding hydrogens is 629 g/mol. The van der Waals surface area contributed by atoms with E-state index in [1.54, 1.807) is 61.5 Å². The number of hydrogen-bond donors (Lipinski definition) is 1. The Labute approximate surface area is 275 Å². The van der Waals surface area contributed by atoms with Gasteiger partial charge in [-0.05, 0) is 73.4 Å². The third-order valence-electron chi connectivity index (χ3n) is 7.59. The molecule has 0 aliphatic rings. The van der Waals surface area contributed by atoms with Gasteiger partial charge in [0.25, 0.3) is 10.0 Å². The van der Waals surface area contributed by atoms with Crippen molar-refractivity contribution in [2.45, 2.75) is 57.1 Å². The van der Waals surface area contributed by atoms with Gasteiger partial charge >= 0.3 is 0 Å². The molecule has 0 aromatic heterocycles. The van der Waals surface area contributed by atoms with Gasteiger partial charge in [-0.2, -0.15) is 0 Å². The van der Waals surface area contributed by atoms with Crippen LogP contribution in [0.2, 0.25) is 10.0 Å². The lowest BCUT2D eigenvalue weighted by Gasteiger charge is -2.34. The van der Waals surface area contributed by atoms with Crippen LogP contribution in [-0.2, 0) is 32.6 Å². The molecule has 45 heavy (non-hydrogen) atoms. The standard InChI is InChI=1S/C35H37Cl2N3O4S/c1-4-26(3)38-35(42)33(21-27-11-7-5-8-12-27)39(23-28-16-19-29(36)20-17-28)34(41)24-40(32-22-30(37)18-15-25(32)2)45(43,44)31-13-9-6-10-14-31/h5-20,22,26,33H,4,21,23-24H2,1-3H3,(H,38,42)/t26-,33+/m0/s1. The van der Waals surface area contributed by atoms with Gasteiger partial charge in [0.15, 0.2) is 0 Å². The number of amides is 2. The largest absolute Gasteiger partial charge is 0.352 e. The summed E-state index contributed by atoms with van der Waals surface area (Å²) in [7, 11) is -4.22. The average molecular weight is 667 g/mol. The van der Waals surface area contributed by atoms with Gasteiger partial charge in [0.2, 0.25) is 11.8 Å². The zero-order valence-corrected chi connectivity index (χ0v) is 27.8. The summed E-state index contributed by atoms with van der Waals surface area (Å²) in [6, 6.07) is 28.2. The highest BCUT2D eigenvalue weighted by Crippen LogP contribution is 2.30.